The molecule has 224 valence electrons. The second-order valence-corrected chi connectivity index (χ2v) is 14.1. The topological polar surface area (TPSA) is 90.0 Å². The quantitative estimate of drug-likeness (QED) is 0.504. The predicted molar refractivity (Wildman–Crippen MR) is 163 cm³/mol. The van der Waals surface area contributed by atoms with Crippen LogP contribution < -0.4 is 5.32 Å². The smallest absolute Gasteiger partial charge is 0.255 e. The van der Waals surface area contributed by atoms with Crippen LogP contribution in [-0.4, -0.2) is 76.1 Å². The fourth-order valence-electron chi connectivity index (χ4n) is 7.77. The molecule has 3 saturated heterocycles. The van der Waals surface area contributed by atoms with Crippen LogP contribution in [0, 0.1) is 5.41 Å². The molecule has 4 heterocycles. The number of piperazine rings is 1. The van der Waals surface area contributed by atoms with E-state index in [4.69, 9.17) is 11.6 Å². The molecule has 3 atom stereocenters. The Kier molecular flexibility index (Phi) is 6.97. The Labute approximate surface area is 257 Å². The second kappa shape index (κ2) is 10.6. The van der Waals surface area contributed by atoms with Crippen LogP contribution in [0.5, 0.6) is 0 Å². The summed E-state index contributed by atoms with van der Waals surface area (Å²) >= 11 is 6.19. The van der Waals surface area contributed by atoms with E-state index in [-0.39, 0.29) is 42.1 Å². The largest absolute Gasteiger partial charge is 0.333 e. The van der Waals surface area contributed by atoms with Crippen LogP contribution in [0.4, 0.5) is 0 Å². The number of imide groups is 1. The summed E-state index contributed by atoms with van der Waals surface area (Å²) in [7, 11) is 0. The number of fused-ring (bicyclic) bond motifs is 3. The molecule has 3 unspecified atom stereocenters. The van der Waals surface area contributed by atoms with E-state index in [2.05, 4.69) is 36.2 Å². The Bertz CT molecular complexity index is 1560. The minimum Gasteiger partial charge on any atom is -0.333 e. The molecule has 7 rings (SSSR count). The molecule has 4 amide bonds. The molecule has 9 heteroatoms. The highest BCUT2D eigenvalue weighted by Crippen LogP contribution is 2.44. The van der Waals surface area contributed by atoms with Crippen LogP contribution in [0.2, 0.25) is 5.02 Å². The first-order chi connectivity index (χ1) is 20.6. The molecule has 1 N–H and O–H groups in total. The number of halogens is 1. The molecule has 3 fully saturated rings. The summed E-state index contributed by atoms with van der Waals surface area (Å²) < 4.78 is 0. The fraction of sp³-hybridized carbons (Fsp3) is 0.471. The maximum absolute atomic E-state index is 13.7. The van der Waals surface area contributed by atoms with Gasteiger partial charge in [-0.15, -0.1) is 0 Å². The van der Waals surface area contributed by atoms with Crippen LogP contribution in [0.25, 0.3) is 5.57 Å². The lowest BCUT2D eigenvalue weighted by atomic mass is 9.72. The number of rotatable bonds is 5. The SMILES string of the molecule is CC1(C)CCC(CN2CC3CC2CN3C(=O)c2ccc3c(c2)CN(C2CCC(=O)NC2=O)C3=O)=C(c2ccc(Cl)cc2)C1. The van der Waals surface area contributed by atoms with Gasteiger partial charge in [0.15, 0.2) is 0 Å². The molecule has 2 aromatic carbocycles. The number of piperidine rings is 1. The van der Waals surface area contributed by atoms with Gasteiger partial charge in [0.05, 0.1) is 0 Å². The molecular weight excluding hydrogens is 564 g/mol. The molecule has 0 aromatic heterocycles. The van der Waals surface area contributed by atoms with Crippen molar-refractivity contribution in [2.24, 2.45) is 5.41 Å². The van der Waals surface area contributed by atoms with E-state index in [9.17, 15) is 19.2 Å². The van der Waals surface area contributed by atoms with Crippen LogP contribution in [-0.2, 0) is 16.1 Å². The predicted octanol–water partition coefficient (Wildman–Crippen LogP) is 4.66. The van der Waals surface area contributed by atoms with Crippen molar-refractivity contribution in [3.05, 3.63) is 75.3 Å². The first-order valence-corrected chi connectivity index (χ1v) is 15.7. The molecule has 2 aromatic rings. The van der Waals surface area contributed by atoms with Crippen LogP contribution in [0.3, 0.4) is 0 Å². The highest BCUT2D eigenvalue weighted by molar-refractivity contribution is 6.30. The van der Waals surface area contributed by atoms with Gasteiger partial charge in [-0.1, -0.05) is 43.2 Å². The number of benzene rings is 2. The van der Waals surface area contributed by atoms with Crippen molar-refractivity contribution >= 4 is 40.8 Å². The standard InChI is InChI=1S/C34H37ClN4O4/c1-34(2)12-11-22(28(15-34)20-3-6-24(35)7-4-20)16-37-18-26-14-25(37)19-38(26)32(42)21-5-8-27-23(13-21)17-39(33(27)43)29-9-10-30(40)36-31(29)41/h3-8,13,25-26,29H,9-12,14-19H2,1-2H3,(H,36,40,41). The molecule has 43 heavy (non-hydrogen) atoms. The van der Waals surface area contributed by atoms with E-state index in [0.717, 1.165) is 42.9 Å². The van der Waals surface area contributed by atoms with Gasteiger partial charge >= 0.3 is 0 Å². The molecule has 0 spiro atoms. The number of nitrogens with one attached hydrogen (secondary N) is 1. The molecule has 1 aliphatic carbocycles. The Hall–Kier alpha value is -3.49. The third-order valence-corrected chi connectivity index (χ3v) is 10.4. The van der Waals surface area contributed by atoms with Gasteiger partial charge in [0.25, 0.3) is 11.8 Å². The summed E-state index contributed by atoms with van der Waals surface area (Å²) in [5, 5.41) is 3.09. The van der Waals surface area contributed by atoms with E-state index in [1.54, 1.807) is 12.1 Å². The first kappa shape index (κ1) is 28.3. The molecular formula is C34H37ClN4O4. The number of amides is 4. The van der Waals surface area contributed by atoms with Crippen LogP contribution >= 0.6 is 11.6 Å². The lowest BCUT2D eigenvalue weighted by Crippen LogP contribution is -2.52. The van der Waals surface area contributed by atoms with Crippen molar-refractivity contribution in [2.45, 2.75) is 77.0 Å². The van der Waals surface area contributed by atoms with Crippen molar-refractivity contribution in [3.8, 4) is 0 Å². The number of hydrogen-bond acceptors (Lipinski definition) is 5. The zero-order chi connectivity index (χ0) is 30.0. The van der Waals surface area contributed by atoms with Gasteiger partial charge < -0.3 is 9.80 Å². The highest BCUT2D eigenvalue weighted by Gasteiger charge is 2.46. The second-order valence-electron chi connectivity index (χ2n) is 13.6. The lowest BCUT2D eigenvalue weighted by Gasteiger charge is -2.38. The third-order valence-electron chi connectivity index (χ3n) is 10.2. The minimum absolute atomic E-state index is 0.00217. The number of carbonyl (C=O) groups excluding carboxylic acids is 4. The van der Waals surface area contributed by atoms with Gasteiger partial charge in [-0.2, -0.15) is 0 Å². The number of carbonyl (C=O) groups is 4. The van der Waals surface area contributed by atoms with Gasteiger partial charge in [0.1, 0.15) is 6.04 Å². The Morgan fingerprint density at radius 3 is 2.53 bits per heavy atom. The van der Waals surface area contributed by atoms with Gasteiger partial charge in [-0.25, -0.2) is 0 Å². The fourth-order valence-corrected chi connectivity index (χ4v) is 7.90. The number of hydrogen-bond donors (Lipinski definition) is 1. The molecule has 0 radical (unpaired) electrons. The highest BCUT2D eigenvalue weighted by atomic mass is 35.5. The van der Waals surface area contributed by atoms with E-state index < -0.39 is 11.9 Å². The average molecular weight is 601 g/mol. The number of likely N-dealkylation sites (tertiary alicyclic amines) is 2. The van der Waals surface area contributed by atoms with Crippen molar-refractivity contribution in [1.29, 1.82) is 0 Å². The van der Waals surface area contributed by atoms with Gasteiger partial charge in [-0.3, -0.25) is 29.4 Å². The average Bonchev–Trinajstić information content (AvgIpc) is 3.66. The molecule has 5 aliphatic rings. The Morgan fingerprint density at radius 2 is 1.81 bits per heavy atom. The zero-order valence-corrected chi connectivity index (χ0v) is 25.5. The first-order valence-electron chi connectivity index (χ1n) is 15.4. The minimum atomic E-state index is -0.664. The summed E-state index contributed by atoms with van der Waals surface area (Å²) in [5.41, 5.74) is 6.35. The molecule has 8 nitrogen and oxygen atoms in total. The van der Waals surface area contributed by atoms with Gasteiger partial charge in [0.2, 0.25) is 11.8 Å². The lowest BCUT2D eigenvalue weighted by molar-refractivity contribution is -0.136. The summed E-state index contributed by atoms with van der Waals surface area (Å²) in [6.07, 6.45) is 4.83. The van der Waals surface area contributed by atoms with Crippen molar-refractivity contribution in [2.75, 3.05) is 19.6 Å². The summed E-state index contributed by atoms with van der Waals surface area (Å²) in [4.78, 5) is 56.9. The Morgan fingerprint density at radius 1 is 1.02 bits per heavy atom. The van der Waals surface area contributed by atoms with Crippen molar-refractivity contribution < 1.29 is 19.2 Å². The number of allylic oxidation sites excluding steroid dienone is 1. The summed E-state index contributed by atoms with van der Waals surface area (Å²) in [6.45, 7) is 7.48. The molecule has 4 aliphatic heterocycles. The number of nitrogens with zero attached hydrogens (tertiary/aromatic N) is 3. The van der Waals surface area contributed by atoms with Crippen molar-refractivity contribution in [1.82, 2.24) is 20.0 Å². The maximum atomic E-state index is 13.7. The monoisotopic (exact) mass is 600 g/mol. The zero-order valence-electron chi connectivity index (χ0n) is 24.7. The third kappa shape index (κ3) is 5.18. The van der Waals surface area contributed by atoms with Crippen LogP contribution in [0.1, 0.15) is 84.2 Å². The van der Waals surface area contributed by atoms with E-state index in [0.29, 0.717) is 30.1 Å². The van der Waals surface area contributed by atoms with E-state index in [1.807, 2.05) is 23.1 Å². The normalized spacial score (nSPS) is 26.8. The van der Waals surface area contributed by atoms with Gasteiger partial charge in [-0.05, 0) is 84.6 Å². The van der Waals surface area contributed by atoms with E-state index in [1.165, 1.54) is 28.0 Å². The Balaban J connectivity index is 1.03. The molecule has 0 saturated carbocycles. The summed E-state index contributed by atoms with van der Waals surface area (Å²) in [6, 6.07) is 13.4. The molecule has 2 bridgehead atoms. The van der Waals surface area contributed by atoms with Crippen molar-refractivity contribution in [3.63, 3.8) is 0 Å². The van der Waals surface area contributed by atoms with E-state index >= 15 is 0 Å². The van der Waals surface area contributed by atoms with Gasteiger partial charge in [0, 0.05) is 60.8 Å². The summed E-state index contributed by atoms with van der Waals surface area (Å²) in [5.74, 6) is -0.961. The maximum Gasteiger partial charge on any atom is 0.255 e. The van der Waals surface area contributed by atoms with Crippen LogP contribution in [0.15, 0.2) is 48.0 Å².